The topological polar surface area (TPSA) is 29.5 Å². The monoisotopic (exact) mass is 327 g/mol. The van der Waals surface area contributed by atoms with Crippen LogP contribution >= 0.6 is 11.6 Å². The van der Waals surface area contributed by atoms with Gasteiger partial charge >= 0.3 is 6.09 Å². The lowest BCUT2D eigenvalue weighted by Crippen LogP contribution is -2.33. The van der Waals surface area contributed by atoms with Gasteiger partial charge in [0.15, 0.2) is 0 Å². The molecule has 2 aromatic carbocycles. The van der Waals surface area contributed by atoms with Gasteiger partial charge in [0, 0.05) is 16.6 Å². The molecule has 2 rings (SSSR count). The molecule has 0 N–H and O–H groups in total. The van der Waals surface area contributed by atoms with Gasteiger partial charge in [-0.25, -0.2) is 9.69 Å². The molecule has 118 valence electrons. The quantitative estimate of drug-likeness (QED) is 0.539. The highest BCUT2D eigenvalue weighted by Gasteiger charge is 2.22. The Labute approximate surface area is 141 Å². The Bertz CT molecular complexity index is 722. The summed E-state index contributed by atoms with van der Waals surface area (Å²) in [5.41, 5.74) is 0.818. The molecule has 0 atom stereocenters. The SMILES string of the molecule is CC(C)(C)OC(=O)N(C#Cc1ccccc1)c1ccc(Cl)cc1. The van der Waals surface area contributed by atoms with Gasteiger partial charge in [0.2, 0.25) is 0 Å². The Hall–Kier alpha value is -2.44. The van der Waals surface area contributed by atoms with Crippen LogP contribution in [-0.4, -0.2) is 11.7 Å². The Morgan fingerprint density at radius 2 is 1.65 bits per heavy atom. The number of anilines is 1. The standard InChI is InChI=1S/C19H18ClNO2/c1-19(2,3)23-18(22)21(17-11-9-16(20)10-12-17)14-13-15-7-5-4-6-8-15/h4-12H,1-3H3. The zero-order valence-electron chi connectivity index (χ0n) is 13.3. The number of nitrogens with zero attached hydrogens (tertiary/aromatic N) is 1. The number of carbonyl (C=O) groups excluding carboxylic acids is 1. The van der Waals surface area contributed by atoms with E-state index >= 15 is 0 Å². The fourth-order valence-corrected chi connectivity index (χ4v) is 1.88. The first-order valence-electron chi connectivity index (χ1n) is 7.20. The summed E-state index contributed by atoms with van der Waals surface area (Å²) in [6.07, 6.45) is -0.525. The van der Waals surface area contributed by atoms with E-state index in [4.69, 9.17) is 16.3 Å². The summed E-state index contributed by atoms with van der Waals surface area (Å²) in [5, 5.41) is 0.592. The average Bonchev–Trinajstić information content (AvgIpc) is 2.48. The number of hydrogen-bond donors (Lipinski definition) is 0. The van der Waals surface area contributed by atoms with Gasteiger partial charge in [-0.05, 0) is 63.1 Å². The molecular formula is C19H18ClNO2. The summed E-state index contributed by atoms with van der Waals surface area (Å²) >= 11 is 5.90. The van der Waals surface area contributed by atoms with Crippen LogP contribution in [-0.2, 0) is 4.74 Å². The Morgan fingerprint density at radius 1 is 1.04 bits per heavy atom. The van der Waals surface area contributed by atoms with E-state index in [9.17, 15) is 4.79 Å². The van der Waals surface area contributed by atoms with E-state index in [1.54, 1.807) is 24.3 Å². The molecule has 0 bridgehead atoms. The van der Waals surface area contributed by atoms with Gasteiger partial charge in [-0.1, -0.05) is 29.8 Å². The first-order chi connectivity index (χ1) is 10.8. The molecule has 3 nitrogen and oxygen atoms in total. The smallest absolute Gasteiger partial charge is 0.426 e. The second-order valence-corrected chi connectivity index (χ2v) is 6.33. The van der Waals surface area contributed by atoms with E-state index in [0.29, 0.717) is 10.7 Å². The Balaban J connectivity index is 2.33. The third kappa shape index (κ3) is 5.36. The Morgan fingerprint density at radius 3 is 2.22 bits per heavy atom. The summed E-state index contributed by atoms with van der Waals surface area (Å²) in [6, 6.07) is 19.2. The first kappa shape index (κ1) is 16.9. The van der Waals surface area contributed by atoms with Crippen LogP contribution in [0.2, 0.25) is 5.02 Å². The van der Waals surface area contributed by atoms with Crippen LogP contribution in [0.5, 0.6) is 0 Å². The lowest BCUT2D eigenvalue weighted by atomic mass is 10.2. The van der Waals surface area contributed by atoms with Gasteiger partial charge in [0.05, 0.1) is 5.69 Å². The average molecular weight is 328 g/mol. The maximum Gasteiger partial charge on any atom is 0.426 e. The molecule has 0 spiro atoms. The summed E-state index contributed by atoms with van der Waals surface area (Å²) in [7, 11) is 0. The van der Waals surface area contributed by atoms with E-state index in [1.165, 1.54) is 4.90 Å². The van der Waals surface area contributed by atoms with Crippen molar-refractivity contribution in [2.45, 2.75) is 26.4 Å². The molecule has 0 fully saturated rings. The number of hydrogen-bond acceptors (Lipinski definition) is 2. The number of amides is 1. The molecule has 23 heavy (non-hydrogen) atoms. The van der Waals surface area contributed by atoms with Crippen molar-refractivity contribution in [3.63, 3.8) is 0 Å². The van der Waals surface area contributed by atoms with Crippen molar-refractivity contribution in [3.05, 3.63) is 65.2 Å². The molecule has 0 saturated heterocycles. The molecule has 0 aliphatic rings. The molecule has 4 heteroatoms. The van der Waals surface area contributed by atoms with Gasteiger partial charge in [-0.2, -0.15) is 0 Å². The highest BCUT2D eigenvalue weighted by molar-refractivity contribution is 6.30. The van der Waals surface area contributed by atoms with Crippen LogP contribution < -0.4 is 4.90 Å². The molecule has 2 aromatic rings. The minimum atomic E-state index is -0.601. The third-order valence-corrected chi connectivity index (χ3v) is 3.00. The molecule has 0 aliphatic heterocycles. The van der Waals surface area contributed by atoms with Crippen molar-refractivity contribution >= 4 is 23.4 Å². The molecular weight excluding hydrogens is 310 g/mol. The van der Waals surface area contributed by atoms with Crippen molar-refractivity contribution in [2.75, 3.05) is 4.90 Å². The lowest BCUT2D eigenvalue weighted by Gasteiger charge is -2.23. The molecule has 0 aromatic heterocycles. The zero-order chi connectivity index (χ0) is 16.9. The van der Waals surface area contributed by atoms with E-state index in [-0.39, 0.29) is 0 Å². The predicted molar refractivity (Wildman–Crippen MR) is 93.5 cm³/mol. The molecule has 1 amide bonds. The Kier molecular flexibility index (Phi) is 5.31. The third-order valence-electron chi connectivity index (χ3n) is 2.75. The second-order valence-electron chi connectivity index (χ2n) is 5.89. The van der Waals surface area contributed by atoms with Crippen LogP contribution in [0, 0.1) is 12.0 Å². The van der Waals surface area contributed by atoms with Gasteiger partial charge in [0.25, 0.3) is 0 Å². The zero-order valence-corrected chi connectivity index (χ0v) is 14.1. The normalized spacial score (nSPS) is 10.4. The number of benzene rings is 2. The van der Waals surface area contributed by atoms with Crippen molar-refractivity contribution in [3.8, 4) is 12.0 Å². The van der Waals surface area contributed by atoms with Crippen molar-refractivity contribution in [1.29, 1.82) is 0 Å². The van der Waals surface area contributed by atoms with Crippen LogP contribution in [0.25, 0.3) is 0 Å². The lowest BCUT2D eigenvalue weighted by molar-refractivity contribution is 0.0600. The highest BCUT2D eigenvalue weighted by atomic mass is 35.5. The number of rotatable bonds is 1. The van der Waals surface area contributed by atoms with Gasteiger partial charge < -0.3 is 4.74 Å². The fraction of sp³-hybridized carbons (Fsp3) is 0.211. The largest absolute Gasteiger partial charge is 0.443 e. The summed E-state index contributed by atoms with van der Waals surface area (Å²) in [5.74, 6) is 2.97. The highest BCUT2D eigenvalue weighted by Crippen LogP contribution is 2.20. The first-order valence-corrected chi connectivity index (χ1v) is 7.58. The maximum absolute atomic E-state index is 12.4. The van der Waals surface area contributed by atoms with E-state index in [2.05, 4.69) is 12.0 Å². The minimum absolute atomic E-state index is 0.525. The van der Waals surface area contributed by atoms with E-state index in [1.807, 2.05) is 51.1 Å². The van der Waals surface area contributed by atoms with Crippen molar-refractivity contribution in [1.82, 2.24) is 0 Å². The predicted octanol–water partition coefficient (Wildman–Crippen LogP) is 5.09. The maximum atomic E-state index is 12.4. The number of halogens is 1. The summed E-state index contributed by atoms with van der Waals surface area (Å²) in [6.45, 7) is 5.45. The van der Waals surface area contributed by atoms with Crippen LogP contribution in [0.4, 0.5) is 10.5 Å². The number of carbonyl (C=O) groups is 1. The number of ether oxygens (including phenoxy) is 1. The molecule has 0 unspecified atom stereocenters. The van der Waals surface area contributed by atoms with Crippen LogP contribution in [0.15, 0.2) is 54.6 Å². The van der Waals surface area contributed by atoms with Crippen molar-refractivity contribution in [2.24, 2.45) is 0 Å². The van der Waals surface area contributed by atoms with Gasteiger partial charge in [0.1, 0.15) is 5.60 Å². The van der Waals surface area contributed by atoms with Crippen molar-refractivity contribution < 1.29 is 9.53 Å². The molecule has 0 heterocycles. The van der Waals surface area contributed by atoms with Gasteiger partial charge in [-0.3, -0.25) is 0 Å². The molecule has 0 saturated carbocycles. The molecule has 0 aliphatic carbocycles. The van der Waals surface area contributed by atoms with E-state index < -0.39 is 11.7 Å². The van der Waals surface area contributed by atoms with Crippen LogP contribution in [0.1, 0.15) is 26.3 Å². The van der Waals surface area contributed by atoms with Crippen LogP contribution in [0.3, 0.4) is 0 Å². The fourth-order valence-electron chi connectivity index (χ4n) is 1.76. The summed E-state index contributed by atoms with van der Waals surface area (Å²) < 4.78 is 5.42. The minimum Gasteiger partial charge on any atom is -0.443 e. The molecule has 0 radical (unpaired) electrons. The van der Waals surface area contributed by atoms with E-state index in [0.717, 1.165) is 5.56 Å². The second kappa shape index (κ2) is 7.21. The van der Waals surface area contributed by atoms with Gasteiger partial charge in [-0.15, -0.1) is 0 Å². The summed E-state index contributed by atoms with van der Waals surface area (Å²) in [4.78, 5) is 13.7.